The van der Waals surface area contributed by atoms with Gasteiger partial charge in [-0.25, -0.2) is 0 Å². The van der Waals surface area contributed by atoms with E-state index in [4.69, 9.17) is 4.42 Å². The highest BCUT2D eigenvalue weighted by atomic mass is 79.9. The van der Waals surface area contributed by atoms with Crippen LogP contribution < -0.4 is 0 Å². The van der Waals surface area contributed by atoms with Crippen molar-refractivity contribution in [1.29, 1.82) is 0 Å². The molecule has 2 aromatic heterocycles. The molecule has 0 N–H and O–H groups in total. The molecule has 2 rings (SSSR count). The molecule has 0 amide bonds. The summed E-state index contributed by atoms with van der Waals surface area (Å²) in [7, 11) is 2.11. The van der Waals surface area contributed by atoms with Crippen LogP contribution in [0, 0.1) is 0 Å². The maximum absolute atomic E-state index is 5.04. The molecule has 4 heteroatoms. The molecular formula is C11H12BrNOS. The first kappa shape index (κ1) is 10.9. The van der Waals surface area contributed by atoms with Crippen molar-refractivity contribution in [2.45, 2.75) is 13.1 Å². The van der Waals surface area contributed by atoms with Crippen LogP contribution in [0.5, 0.6) is 0 Å². The van der Waals surface area contributed by atoms with Crippen LogP contribution in [0.15, 0.2) is 38.9 Å². The second-order valence-electron chi connectivity index (χ2n) is 3.51. The van der Waals surface area contributed by atoms with E-state index in [9.17, 15) is 0 Å². The van der Waals surface area contributed by atoms with E-state index in [1.807, 2.05) is 6.07 Å². The minimum absolute atomic E-state index is 0.923. The molecule has 0 fully saturated rings. The van der Waals surface area contributed by atoms with Gasteiger partial charge in [-0.05, 0) is 41.2 Å². The number of halogens is 1. The van der Waals surface area contributed by atoms with Crippen molar-refractivity contribution < 1.29 is 4.42 Å². The molecule has 15 heavy (non-hydrogen) atoms. The third kappa shape index (κ3) is 3.19. The number of rotatable bonds is 4. The van der Waals surface area contributed by atoms with Gasteiger partial charge in [0.1, 0.15) is 0 Å². The van der Waals surface area contributed by atoms with Crippen LogP contribution in [0.1, 0.15) is 10.4 Å². The lowest BCUT2D eigenvalue weighted by molar-refractivity contribution is 0.320. The summed E-state index contributed by atoms with van der Waals surface area (Å²) in [6.07, 6.45) is 3.51. The molecule has 2 heterocycles. The Morgan fingerprint density at radius 3 is 2.80 bits per heavy atom. The quantitative estimate of drug-likeness (QED) is 0.851. The minimum atomic E-state index is 0.923. The Balaban J connectivity index is 1.90. The molecule has 0 aromatic carbocycles. The van der Waals surface area contributed by atoms with Crippen molar-refractivity contribution in [2.24, 2.45) is 0 Å². The van der Waals surface area contributed by atoms with Gasteiger partial charge in [-0.15, -0.1) is 11.3 Å². The van der Waals surface area contributed by atoms with Crippen LogP contribution in [0.2, 0.25) is 0 Å². The summed E-state index contributed by atoms with van der Waals surface area (Å²) in [5.41, 5.74) is 1.22. The SMILES string of the molecule is CN(Cc1ccoc1)Cc1ccc(Br)s1. The first-order valence-electron chi connectivity index (χ1n) is 4.68. The topological polar surface area (TPSA) is 16.4 Å². The van der Waals surface area contributed by atoms with E-state index >= 15 is 0 Å². The van der Waals surface area contributed by atoms with Gasteiger partial charge in [0.15, 0.2) is 0 Å². The van der Waals surface area contributed by atoms with Gasteiger partial charge in [0, 0.05) is 23.5 Å². The molecule has 0 spiro atoms. The average molecular weight is 286 g/mol. The zero-order valence-corrected chi connectivity index (χ0v) is 10.8. The summed E-state index contributed by atoms with van der Waals surface area (Å²) in [6, 6.07) is 6.24. The van der Waals surface area contributed by atoms with Gasteiger partial charge in [-0.1, -0.05) is 0 Å². The summed E-state index contributed by atoms with van der Waals surface area (Å²) in [6.45, 7) is 1.90. The van der Waals surface area contributed by atoms with E-state index in [1.54, 1.807) is 23.9 Å². The standard InChI is InChI=1S/C11H12BrNOS/c1-13(6-9-4-5-14-8-9)7-10-2-3-11(12)15-10/h2-5,8H,6-7H2,1H3. The van der Waals surface area contributed by atoms with Crippen LogP contribution in [0.3, 0.4) is 0 Å². The Morgan fingerprint density at radius 1 is 1.33 bits per heavy atom. The summed E-state index contributed by atoms with van der Waals surface area (Å²) in [5.74, 6) is 0. The maximum Gasteiger partial charge on any atom is 0.0947 e. The zero-order valence-electron chi connectivity index (χ0n) is 8.44. The fourth-order valence-corrected chi connectivity index (χ4v) is 3.02. The average Bonchev–Trinajstić information content (AvgIpc) is 2.77. The summed E-state index contributed by atoms with van der Waals surface area (Å²) in [5, 5.41) is 0. The lowest BCUT2D eigenvalue weighted by atomic mass is 10.3. The Kier molecular flexibility index (Phi) is 3.61. The smallest absolute Gasteiger partial charge is 0.0947 e. The molecule has 2 aromatic rings. The second kappa shape index (κ2) is 4.96. The van der Waals surface area contributed by atoms with Crippen LogP contribution >= 0.6 is 27.3 Å². The molecule has 0 atom stereocenters. The first-order chi connectivity index (χ1) is 7.24. The van der Waals surface area contributed by atoms with Crippen molar-refractivity contribution in [3.8, 4) is 0 Å². The van der Waals surface area contributed by atoms with Gasteiger partial charge in [0.05, 0.1) is 16.3 Å². The van der Waals surface area contributed by atoms with Gasteiger partial charge in [-0.3, -0.25) is 4.90 Å². The van der Waals surface area contributed by atoms with Crippen LogP contribution in [0.25, 0.3) is 0 Å². The van der Waals surface area contributed by atoms with Gasteiger partial charge >= 0.3 is 0 Å². The number of furan rings is 1. The van der Waals surface area contributed by atoms with E-state index in [-0.39, 0.29) is 0 Å². The molecule has 0 aliphatic rings. The third-order valence-electron chi connectivity index (χ3n) is 2.09. The Hall–Kier alpha value is -0.580. The Morgan fingerprint density at radius 2 is 2.20 bits per heavy atom. The molecule has 0 aliphatic carbocycles. The third-order valence-corrected chi connectivity index (χ3v) is 3.70. The predicted molar refractivity (Wildman–Crippen MR) is 65.9 cm³/mol. The van der Waals surface area contributed by atoms with E-state index in [0.717, 1.165) is 13.1 Å². The van der Waals surface area contributed by atoms with Crippen molar-refractivity contribution >= 4 is 27.3 Å². The van der Waals surface area contributed by atoms with Gasteiger partial charge < -0.3 is 4.42 Å². The molecule has 0 bridgehead atoms. The Bertz CT molecular complexity index is 410. The molecule has 0 aliphatic heterocycles. The fourth-order valence-electron chi connectivity index (χ4n) is 1.45. The zero-order chi connectivity index (χ0) is 10.7. The van der Waals surface area contributed by atoms with Crippen molar-refractivity contribution in [3.05, 3.63) is 45.0 Å². The highest BCUT2D eigenvalue weighted by molar-refractivity contribution is 9.11. The van der Waals surface area contributed by atoms with Crippen LogP contribution in [-0.4, -0.2) is 11.9 Å². The maximum atomic E-state index is 5.04. The lowest BCUT2D eigenvalue weighted by Crippen LogP contribution is -2.15. The fraction of sp³-hybridized carbons (Fsp3) is 0.273. The molecule has 0 unspecified atom stereocenters. The van der Waals surface area contributed by atoms with Gasteiger partial charge in [0.2, 0.25) is 0 Å². The van der Waals surface area contributed by atoms with Crippen LogP contribution in [0.4, 0.5) is 0 Å². The Labute approximate surface area is 102 Å². The molecule has 0 saturated heterocycles. The number of hydrogen-bond acceptors (Lipinski definition) is 3. The summed E-state index contributed by atoms with van der Waals surface area (Å²) in [4.78, 5) is 3.64. The molecule has 0 radical (unpaired) electrons. The number of thiophene rings is 1. The highest BCUT2D eigenvalue weighted by Gasteiger charge is 2.04. The largest absolute Gasteiger partial charge is 0.472 e. The monoisotopic (exact) mass is 285 g/mol. The molecule has 0 saturated carbocycles. The minimum Gasteiger partial charge on any atom is -0.472 e. The van der Waals surface area contributed by atoms with E-state index in [2.05, 4.69) is 40.0 Å². The van der Waals surface area contributed by atoms with E-state index in [0.29, 0.717) is 0 Å². The van der Waals surface area contributed by atoms with E-state index in [1.165, 1.54) is 14.2 Å². The van der Waals surface area contributed by atoms with E-state index < -0.39 is 0 Å². The van der Waals surface area contributed by atoms with Crippen molar-refractivity contribution in [2.75, 3.05) is 7.05 Å². The molecule has 80 valence electrons. The normalized spacial score (nSPS) is 11.1. The van der Waals surface area contributed by atoms with Gasteiger partial charge in [0.25, 0.3) is 0 Å². The molecular weight excluding hydrogens is 274 g/mol. The van der Waals surface area contributed by atoms with Gasteiger partial charge in [-0.2, -0.15) is 0 Å². The number of hydrogen-bond donors (Lipinski definition) is 0. The van der Waals surface area contributed by atoms with Crippen LogP contribution in [-0.2, 0) is 13.1 Å². The summed E-state index contributed by atoms with van der Waals surface area (Å²) >= 11 is 5.25. The first-order valence-corrected chi connectivity index (χ1v) is 6.29. The second-order valence-corrected chi connectivity index (χ2v) is 6.06. The predicted octanol–water partition coefficient (Wildman–Crippen LogP) is 3.74. The van der Waals surface area contributed by atoms with Crippen molar-refractivity contribution in [1.82, 2.24) is 4.90 Å². The highest BCUT2D eigenvalue weighted by Crippen LogP contribution is 2.23. The lowest BCUT2D eigenvalue weighted by Gasteiger charge is -2.13. The molecule has 2 nitrogen and oxygen atoms in total. The summed E-state index contributed by atoms with van der Waals surface area (Å²) < 4.78 is 6.23. The van der Waals surface area contributed by atoms with Crippen molar-refractivity contribution in [3.63, 3.8) is 0 Å². The number of nitrogens with zero attached hydrogens (tertiary/aromatic N) is 1.